The molecule has 5 heteroatoms. The molecule has 106 valence electrons. The Morgan fingerprint density at radius 1 is 1.26 bits per heavy atom. The zero-order valence-electron chi connectivity index (χ0n) is 11.1. The number of hydrogen-bond acceptors (Lipinski definition) is 2. The van der Waals surface area contributed by atoms with Gasteiger partial charge in [-0.1, -0.05) is 6.42 Å². The number of hydrogen-bond donors (Lipinski definition) is 0. The van der Waals surface area contributed by atoms with Crippen molar-refractivity contribution < 1.29 is 12.8 Å². The molecule has 19 heavy (non-hydrogen) atoms. The van der Waals surface area contributed by atoms with Crippen LogP contribution in [0.5, 0.6) is 0 Å². The van der Waals surface area contributed by atoms with Crippen molar-refractivity contribution in [1.29, 1.82) is 0 Å². The van der Waals surface area contributed by atoms with Crippen LogP contribution in [-0.2, 0) is 9.84 Å². The van der Waals surface area contributed by atoms with Crippen LogP contribution in [0, 0.1) is 19.7 Å². The minimum atomic E-state index is -3.14. The summed E-state index contributed by atoms with van der Waals surface area (Å²) in [6.07, 6.45) is 2.18. The first-order valence-corrected chi connectivity index (χ1v) is 8.60. The number of rotatable bonds is 2. The molecule has 0 aromatic heterocycles. The summed E-state index contributed by atoms with van der Waals surface area (Å²) in [6.45, 7) is 3.55. The van der Waals surface area contributed by atoms with Crippen LogP contribution in [0.1, 0.15) is 41.3 Å². The van der Waals surface area contributed by atoms with E-state index in [-0.39, 0.29) is 11.6 Å². The van der Waals surface area contributed by atoms with Gasteiger partial charge in [-0.15, -0.1) is 11.6 Å². The molecule has 1 heterocycles. The average Bonchev–Trinajstić information content (AvgIpc) is 2.26. The van der Waals surface area contributed by atoms with Gasteiger partial charge in [0.15, 0.2) is 9.84 Å². The van der Waals surface area contributed by atoms with Gasteiger partial charge in [0.25, 0.3) is 0 Å². The van der Waals surface area contributed by atoms with Crippen LogP contribution < -0.4 is 0 Å². The monoisotopic (exact) mass is 304 g/mol. The van der Waals surface area contributed by atoms with Crippen molar-refractivity contribution in [1.82, 2.24) is 0 Å². The maximum Gasteiger partial charge on any atom is 0.154 e. The third-order valence-corrected chi connectivity index (χ3v) is 6.75. The van der Waals surface area contributed by atoms with E-state index in [0.29, 0.717) is 12.8 Å². The van der Waals surface area contributed by atoms with E-state index in [4.69, 9.17) is 11.6 Å². The third-order valence-electron chi connectivity index (χ3n) is 3.79. The maximum absolute atomic E-state index is 13.3. The summed E-state index contributed by atoms with van der Waals surface area (Å²) in [6, 6.07) is 2.82. The van der Waals surface area contributed by atoms with Crippen LogP contribution in [0.2, 0.25) is 0 Å². The normalized spacial score (nSPS) is 24.1. The average molecular weight is 305 g/mol. The Bertz CT molecular complexity index is 560. The van der Waals surface area contributed by atoms with Gasteiger partial charge in [-0.3, -0.25) is 0 Å². The number of halogens is 2. The van der Waals surface area contributed by atoms with Crippen molar-refractivity contribution in [2.24, 2.45) is 0 Å². The van der Waals surface area contributed by atoms with E-state index >= 15 is 0 Å². The number of sulfone groups is 1. The highest BCUT2D eigenvalue weighted by atomic mass is 35.5. The van der Waals surface area contributed by atoms with E-state index in [1.807, 2.05) is 0 Å². The number of benzene rings is 1. The number of alkyl halides is 1. The zero-order valence-corrected chi connectivity index (χ0v) is 12.7. The highest BCUT2D eigenvalue weighted by molar-refractivity contribution is 7.92. The Hall–Kier alpha value is -0.610. The molecule has 0 N–H and O–H groups in total. The molecular formula is C14H18ClFO2S. The fourth-order valence-corrected chi connectivity index (χ4v) is 5.73. The predicted octanol–water partition coefficient (Wildman–Crippen LogP) is 3.69. The smallest absolute Gasteiger partial charge is 0.154 e. The van der Waals surface area contributed by atoms with Gasteiger partial charge >= 0.3 is 0 Å². The molecule has 1 aromatic carbocycles. The molecule has 0 saturated carbocycles. The Balaban J connectivity index is 2.42. The van der Waals surface area contributed by atoms with Crippen molar-refractivity contribution in [3.63, 3.8) is 0 Å². The lowest BCUT2D eigenvalue weighted by molar-refractivity contribution is 0.533. The molecule has 1 aliphatic rings. The Kier molecular flexibility index (Phi) is 4.21. The first-order chi connectivity index (χ1) is 8.83. The third kappa shape index (κ3) is 2.95. The maximum atomic E-state index is 13.3. The Morgan fingerprint density at radius 2 is 1.84 bits per heavy atom. The standard InChI is InChI=1S/C14H18ClFO2S/c1-9-7-11(16)8-10(2)13(9)14(15)12-5-3-4-6-19(12,17)18/h7-8,12,14H,3-6H2,1-2H3. The van der Waals surface area contributed by atoms with Gasteiger partial charge in [0.05, 0.1) is 16.4 Å². The lowest BCUT2D eigenvalue weighted by atomic mass is 9.96. The molecule has 2 unspecified atom stereocenters. The molecule has 2 rings (SSSR count). The molecule has 1 saturated heterocycles. The van der Waals surface area contributed by atoms with Gasteiger partial charge in [0.1, 0.15) is 5.82 Å². The van der Waals surface area contributed by atoms with E-state index in [1.165, 1.54) is 12.1 Å². The first kappa shape index (κ1) is 14.8. The van der Waals surface area contributed by atoms with E-state index in [1.54, 1.807) is 13.8 Å². The summed E-state index contributed by atoms with van der Waals surface area (Å²) in [7, 11) is -3.14. The van der Waals surface area contributed by atoms with Gasteiger partial charge in [0.2, 0.25) is 0 Å². The lowest BCUT2D eigenvalue weighted by Gasteiger charge is -2.28. The van der Waals surface area contributed by atoms with Crippen molar-refractivity contribution in [2.75, 3.05) is 5.75 Å². The van der Waals surface area contributed by atoms with Gasteiger partial charge in [0, 0.05) is 0 Å². The summed E-state index contributed by atoms with van der Waals surface area (Å²) in [5.41, 5.74) is 2.20. The van der Waals surface area contributed by atoms with Crippen molar-refractivity contribution >= 4 is 21.4 Å². The molecule has 0 radical (unpaired) electrons. The highest BCUT2D eigenvalue weighted by Crippen LogP contribution is 2.38. The molecule has 0 aliphatic carbocycles. The molecular weight excluding hydrogens is 287 g/mol. The van der Waals surface area contributed by atoms with Crippen LogP contribution in [0.4, 0.5) is 4.39 Å². The Morgan fingerprint density at radius 3 is 2.37 bits per heavy atom. The molecule has 1 aromatic rings. The second-order valence-electron chi connectivity index (χ2n) is 5.26. The van der Waals surface area contributed by atoms with Gasteiger partial charge in [-0.25, -0.2) is 12.8 Å². The molecule has 2 nitrogen and oxygen atoms in total. The van der Waals surface area contributed by atoms with Gasteiger partial charge < -0.3 is 0 Å². The van der Waals surface area contributed by atoms with E-state index in [9.17, 15) is 12.8 Å². The number of aryl methyl sites for hydroxylation is 2. The topological polar surface area (TPSA) is 34.1 Å². The van der Waals surface area contributed by atoms with Crippen molar-refractivity contribution in [3.8, 4) is 0 Å². The van der Waals surface area contributed by atoms with Crippen LogP contribution in [-0.4, -0.2) is 19.4 Å². The first-order valence-electron chi connectivity index (χ1n) is 6.45. The largest absolute Gasteiger partial charge is 0.228 e. The summed E-state index contributed by atoms with van der Waals surface area (Å²) < 4.78 is 37.6. The Labute approximate surface area is 118 Å². The molecule has 1 aliphatic heterocycles. The van der Waals surface area contributed by atoms with Gasteiger partial charge in [-0.05, 0) is 55.5 Å². The summed E-state index contributed by atoms with van der Waals surface area (Å²) in [4.78, 5) is 0. The van der Waals surface area contributed by atoms with Crippen LogP contribution in [0.25, 0.3) is 0 Å². The molecule has 1 fully saturated rings. The van der Waals surface area contributed by atoms with Crippen LogP contribution >= 0.6 is 11.6 Å². The van der Waals surface area contributed by atoms with Crippen LogP contribution in [0.3, 0.4) is 0 Å². The fraction of sp³-hybridized carbons (Fsp3) is 0.571. The SMILES string of the molecule is Cc1cc(F)cc(C)c1C(Cl)C1CCCCS1(=O)=O. The molecule has 0 spiro atoms. The minimum absolute atomic E-state index is 0.209. The summed E-state index contributed by atoms with van der Waals surface area (Å²) in [5.74, 6) is -0.102. The molecule has 0 amide bonds. The van der Waals surface area contributed by atoms with E-state index in [0.717, 1.165) is 23.1 Å². The zero-order chi connectivity index (χ0) is 14.2. The second kappa shape index (κ2) is 5.41. The fourth-order valence-electron chi connectivity index (χ4n) is 2.85. The van der Waals surface area contributed by atoms with E-state index in [2.05, 4.69) is 0 Å². The molecule has 2 atom stereocenters. The van der Waals surface area contributed by atoms with E-state index < -0.39 is 20.5 Å². The molecule has 0 bridgehead atoms. The predicted molar refractivity (Wildman–Crippen MR) is 75.9 cm³/mol. The minimum Gasteiger partial charge on any atom is -0.228 e. The van der Waals surface area contributed by atoms with Crippen molar-refractivity contribution in [3.05, 3.63) is 34.6 Å². The lowest BCUT2D eigenvalue weighted by Crippen LogP contribution is -2.32. The summed E-state index contributed by atoms with van der Waals surface area (Å²) in [5, 5.41) is -1.14. The van der Waals surface area contributed by atoms with Crippen LogP contribution in [0.15, 0.2) is 12.1 Å². The summed E-state index contributed by atoms with van der Waals surface area (Å²) >= 11 is 6.43. The second-order valence-corrected chi connectivity index (χ2v) is 8.07. The quantitative estimate of drug-likeness (QED) is 0.781. The van der Waals surface area contributed by atoms with Crippen molar-refractivity contribution in [2.45, 2.75) is 43.7 Å². The highest BCUT2D eigenvalue weighted by Gasteiger charge is 2.36. The van der Waals surface area contributed by atoms with Gasteiger partial charge in [-0.2, -0.15) is 0 Å².